The van der Waals surface area contributed by atoms with Crippen LogP contribution in [-0.2, 0) is 0 Å². The largest absolute Gasteiger partial charge is 0.309 e. The lowest BCUT2D eigenvalue weighted by Gasteiger charge is -2.19. The van der Waals surface area contributed by atoms with E-state index in [0.29, 0.717) is 27.9 Å². The zero-order chi connectivity index (χ0) is 20.7. The number of pyridine rings is 2. The van der Waals surface area contributed by atoms with Crippen LogP contribution in [0.25, 0.3) is 11.0 Å². The summed E-state index contributed by atoms with van der Waals surface area (Å²) in [4.78, 5) is 28.9. The summed E-state index contributed by atoms with van der Waals surface area (Å²) in [6.07, 6.45) is 10.4. The van der Waals surface area contributed by atoms with Gasteiger partial charge in [0.1, 0.15) is 11.5 Å². The first kappa shape index (κ1) is 22.2. The van der Waals surface area contributed by atoms with E-state index in [9.17, 15) is 4.79 Å². The molecule has 3 aromatic heterocycles. The number of aromatic nitrogens is 4. The van der Waals surface area contributed by atoms with Crippen LogP contribution >= 0.6 is 28.3 Å². The summed E-state index contributed by atoms with van der Waals surface area (Å²) in [7, 11) is 2.16. The van der Waals surface area contributed by atoms with Crippen LogP contribution in [0.4, 0.5) is 11.8 Å². The van der Waals surface area contributed by atoms with Crippen LogP contribution in [-0.4, -0.2) is 38.0 Å². The Morgan fingerprint density at radius 1 is 1.10 bits per heavy atom. The van der Waals surface area contributed by atoms with Crippen molar-refractivity contribution in [3.8, 4) is 0 Å². The molecule has 0 aromatic carbocycles. The van der Waals surface area contributed by atoms with E-state index in [-0.39, 0.29) is 24.0 Å². The lowest BCUT2D eigenvalue weighted by Crippen LogP contribution is -2.25. The van der Waals surface area contributed by atoms with Gasteiger partial charge in [-0.1, -0.05) is 18.9 Å². The molecule has 0 amide bonds. The molecule has 9 heteroatoms. The van der Waals surface area contributed by atoms with Gasteiger partial charge in [-0.05, 0) is 72.9 Å². The van der Waals surface area contributed by atoms with E-state index in [4.69, 9.17) is 4.98 Å². The zero-order valence-corrected chi connectivity index (χ0v) is 19.8. The van der Waals surface area contributed by atoms with Gasteiger partial charge >= 0.3 is 0 Å². The van der Waals surface area contributed by atoms with Crippen LogP contribution in [0.1, 0.15) is 56.2 Å². The van der Waals surface area contributed by atoms with Gasteiger partial charge in [-0.25, -0.2) is 9.97 Å². The number of fused-ring (bicyclic) bond motifs is 1. The van der Waals surface area contributed by atoms with Crippen molar-refractivity contribution in [3.63, 3.8) is 0 Å². The van der Waals surface area contributed by atoms with E-state index in [2.05, 4.69) is 49.2 Å². The summed E-state index contributed by atoms with van der Waals surface area (Å²) in [6, 6.07) is 6.54. The Morgan fingerprint density at radius 3 is 2.58 bits per heavy atom. The fraction of sp³-hybridized carbons (Fsp3) is 0.455. The Labute approximate surface area is 195 Å². The molecule has 1 saturated carbocycles. The topological polar surface area (TPSA) is 75.9 Å². The summed E-state index contributed by atoms with van der Waals surface area (Å²) in [5.41, 5.74) is 1.89. The molecule has 7 nitrogen and oxygen atoms in total. The molecular weight excluding hydrogens is 480 g/mol. The van der Waals surface area contributed by atoms with Gasteiger partial charge in [-0.15, -0.1) is 12.4 Å². The number of halogens is 2. The average molecular weight is 506 g/mol. The molecule has 1 aliphatic heterocycles. The number of nitrogens with one attached hydrogen (secondary N) is 1. The first-order valence-electron chi connectivity index (χ1n) is 10.6. The Morgan fingerprint density at radius 2 is 1.90 bits per heavy atom. The fourth-order valence-electron chi connectivity index (χ4n) is 4.77. The van der Waals surface area contributed by atoms with Crippen LogP contribution in [0, 0.1) is 0 Å². The smallest absolute Gasteiger partial charge is 0.266 e. The molecule has 0 radical (unpaired) electrons. The van der Waals surface area contributed by atoms with E-state index in [1.807, 2.05) is 16.8 Å². The molecular formula is C22H26BrClN6O. The second kappa shape index (κ2) is 9.22. The molecule has 1 aliphatic carbocycles. The lowest BCUT2D eigenvalue weighted by molar-refractivity contribution is 0.317. The Kier molecular flexibility index (Phi) is 6.60. The predicted molar refractivity (Wildman–Crippen MR) is 128 cm³/mol. The minimum atomic E-state index is -0.0257. The highest BCUT2D eigenvalue weighted by Gasteiger charge is 2.23. The Balaban J connectivity index is 0.00000231. The van der Waals surface area contributed by atoms with Crippen molar-refractivity contribution in [3.05, 3.63) is 51.0 Å². The standard InChI is InChI=1S/C22H25BrN6O.ClH/c1-28-10-4-7-18(28)14-8-9-19(24-12-14)26-22-25-13-15-11-17(23)21(30)29(20(15)27-22)16-5-2-3-6-16;/h8-9,11-13,16,18H,2-7,10H2,1H3,(H,24,25,26,27);1H/t18-;/m1./s1. The van der Waals surface area contributed by atoms with Gasteiger partial charge in [0, 0.05) is 29.9 Å². The Hall–Kier alpha value is -2.03. The van der Waals surface area contributed by atoms with Gasteiger partial charge < -0.3 is 5.32 Å². The van der Waals surface area contributed by atoms with Gasteiger partial charge in [0.05, 0.1) is 4.47 Å². The first-order valence-corrected chi connectivity index (χ1v) is 11.4. The maximum Gasteiger partial charge on any atom is 0.266 e. The normalized spacial score (nSPS) is 19.6. The van der Waals surface area contributed by atoms with Gasteiger partial charge in [0.15, 0.2) is 0 Å². The van der Waals surface area contributed by atoms with E-state index in [0.717, 1.165) is 37.6 Å². The van der Waals surface area contributed by atoms with Crippen molar-refractivity contribution in [1.82, 2.24) is 24.4 Å². The maximum atomic E-state index is 12.8. The molecule has 31 heavy (non-hydrogen) atoms. The lowest BCUT2D eigenvalue weighted by atomic mass is 10.1. The van der Waals surface area contributed by atoms with Crippen molar-refractivity contribution in [1.29, 1.82) is 0 Å². The SMILES string of the molecule is CN1CCC[C@@H]1c1ccc(Nc2ncc3cc(Br)c(=O)n(C4CCCC4)c3n2)nc1.Cl. The highest BCUT2D eigenvalue weighted by atomic mass is 79.9. The quantitative estimate of drug-likeness (QED) is 0.538. The van der Waals surface area contributed by atoms with Crippen LogP contribution < -0.4 is 10.9 Å². The van der Waals surface area contributed by atoms with E-state index in [1.165, 1.54) is 18.4 Å². The summed E-state index contributed by atoms with van der Waals surface area (Å²) in [5.74, 6) is 1.15. The molecule has 1 N–H and O–H groups in total. The van der Waals surface area contributed by atoms with Crippen molar-refractivity contribution in [2.24, 2.45) is 0 Å². The van der Waals surface area contributed by atoms with E-state index < -0.39 is 0 Å². The summed E-state index contributed by atoms with van der Waals surface area (Å²) in [6.45, 7) is 1.13. The van der Waals surface area contributed by atoms with Gasteiger partial charge in [0.2, 0.25) is 5.95 Å². The fourth-order valence-corrected chi connectivity index (χ4v) is 5.21. The molecule has 1 saturated heterocycles. The van der Waals surface area contributed by atoms with Crippen LogP contribution in [0.2, 0.25) is 0 Å². The van der Waals surface area contributed by atoms with E-state index >= 15 is 0 Å². The molecule has 5 rings (SSSR count). The van der Waals surface area contributed by atoms with Crippen LogP contribution in [0.3, 0.4) is 0 Å². The molecule has 2 fully saturated rings. The molecule has 2 aliphatic rings. The van der Waals surface area contributed by atoms with Gasteiger partial charge in [-0.2, -0.15) is 4.98 Å². The number of anilines is 2. The van der Waals surface area contributed by atoms with Crippen LogP contribution in [0.15, 0.2) is 39.9 Å². The number of hydrogen-bond acceptors (Lipinski definition) is 6. The molecule has 3 aromatic rings. The number of nitrogens with zero attached hydrogens (tertiary/aromatic N) is 5. The summed E-state index contributed by atoms with van der Waals surface area (Å²) < 4.78 is 2.39. The van der Waals surface area contributed by atoms with Crippen LogP contribution in [0.5, 0.6) is 0 Å². The highest BCUT2D eigenvalue weighted by molar-refractivity contribution is 9.10. The average Bonchev–Trinajstić information content (AvgIpc) is 3.42. The van der Waals surface area contributed by atoms with Gasteiger partial charge in [0.25, 0.3) is 5.56 Å². The molecule has 0 bridgehead atoms. The van der Waals surface area contributed by atoms with Crippen molar-refractivity contribution in [2.75, 3.05) is 18.9 Å². The third kappa shape index (κ3) is 4.33. The summed E-state index contributed by atoms with van der Waals surface area (Å²) in [5, 5.41) is 4.06. The first-order chi connectivity index (χ1) is 14.6. The number of hydrogen-bond donors (Lipinski definition) is 1. The van der Waals surface area contributed by atoms with Crippen molar-refractivity contribution in [2.45, 2.75) is 50.6 Å². The van der Waals surface area contributed by atoms with E-state index in [1.54, 1.807) is 12.3 Å². The number of rotatable bonds is 4. The monoisotopic (exact) mass is 504 g/mol. The third-order valence-corrected chi connectivity index (χ3v) is 6.92. The molecule has 164 valence electrons. The maximum absolute atomic E-state index is 12.8. The zero-order valence-electron chi connectivity index (χ0n) is 17.4. The minimum absolute atomic E-state index is 0. The Bertz CT molecular complexity index is 1130. The van der Waals surface area contributed by atoms with Crippen molar-refractivity contribution < 1.29 is 0 Å². The number of likely N-dealkylation sites (tertiary alicyclic amines) is 1. The minimum Gasteiger partial charge on any atom is -0.309 e. The molecule has 1 atom stereocenters. The molecule has 0 spiro atoms. The van der Waals surface area contributed by atoms with Crippen molar-refractivity contribution >= 4 is 51.1 Å². The predicted octanol–water partition coefficient (Wildman–Crippen LogP) is 5.00. The molecule has 0 unspecified atom stereocenters. The second-order valence-corrected chi connectivity index (χ2v) is 9.17. The third-order valence-electron chi connectivity index (χ3n) is 6.35. The van der Waals surface area contributed by atoms with Gasteiger partial charge in [-0.3, -0.25) is 14.3 Å². The summed E-state index contributed by atoms with van der Waals surface area (Å²) >= 11 is 3.41. The second-order valence-electron chi connectivity index (χ2n) is 8.32. The molecule has 4 heterocycles. The highest BCUT2D eigenvalue weighted by Crippen LogP contribution is 2.32.